The second kappa shape index (κ2) is 10.3. The normalized spacial score (nSPS) is 11.5. The SMILES string of the molecule is CCCCOc1cccc(Nc2nc(Nc3ccc(C(C)C)cc3)ncc2C(F)(F)F)c1. The summed E-state index contributed by atoms with van der Waals surface area (Å²) < 4.78 is 46.3. The van der Waals surface area contributed by atoms with Crippen molar-refractivity contribution < 1.29 is 17.9 Å². The summed E-state index contributed by atoms with van der Waals surface area (Å²) in [6.45, 7) is 6.77. The van der Waals surface area contributed by atoms with Crippen LogP contribution in [0.4, 0.5) is 36.3 Å². The van der Waals surface area contributed by atoms with Gasteiger partial charge in [-0.1, -0.05) is 45.4 Å². The fourth-order valence-electron chi connectivity index (χ4n) is 2.96. The predicted molar refractivity (Wildman–Crippen MR) is 121 cm³/mol. The van der Waals surface area contributed by atoms with E-state index in [1.165, 1.54) is 0 Å². The zero-order valence-electron chi connectivity index (χ0n) is 18.3. The third-order valence-electron chi connectivity index (χ3n) is 4.79. The smallest absolute Gasteiger partial charge is 0.421 e. The van der Waals surface area contributed by atoms with Crippen molar-refractivity contribution in [3.8, 4) is 5.75 Å². The Hall–Kier alpha value is -3.29. The highest BCUT2D eigenvalue weighted by Gasteiger charge is 2.35. The van der Waals surface area contributed by atoms with Gasteiger partial charge in [0.1, 0.15) is 17.1 Å². The number of benzene rings is 2. The minimum Gasteiger partial charge on any atom is -0.494 e. The summed E-state index contributed by atoms with van der Waals surface area (Å²) in [4.78, 5) is 7.96. The molecule has 1 heterocycles. The van der Waals surface area contributed by atoms with Crippen LogP contribution < -0.4 is 15.4 Å². The quantitative estimate of drug-likeness (QED) is 0.340. The van der Waals surface area contributed by atoms with Gasteiger partial charge in [-0.3, -0.25) is 0 Å². The van der Waals surface area contributed by atoms with Crippen LogP contribution >= 0.6 is 0 Å². The molecule has 2 N–H and O–H groups in total. The first-order chi connectivity index (χ1) is 15.3. The van der Waals surface area contributed by atoms with Crippen molar-refractivity contribution in [1.29, 1.82) is 0 Å². The van der Waals surface area contributed by atoms with Gasteiger partial charge in [0.05, 0.1) is 6.61 Å². The summed E-state index contributed by atoms with van der Waals surface area (Å²) in [7, 11) is 0. The molecule has 0 saturated carbocycles. The summed E-state index contributed by atoms with van der Waals surface area (Å²) in [5.41, 5.74) is 1.34. The fraction of sp³-hybridized carbons (Fsp3) is 0.333. The molecule has 3 aromatic rings. The lowest BCUT2D eigenvalue weighted by atomic mass is 10.0. The van der Waals surface area contributed by atoms with Crippen LogP contribution in [-0.2, 0) is 6.18 Å². The molecule has 0 fully saturated rings. The van der Waals surface area contributed by atoms with Crippen LogP contribution in [-0.4, -0.2) is 16.6 Å². The van der Waals surface area contributed by atoms with Gasteiger partial charge in [0.25, 0.3) is 0 Å². The molecule has 32 heavy (non-hydrogen) atoms. The molecule has 170 valence electrons. The van der Waals surface area contributed by atoms with Crippen LogP contribution in [0, 0.1) is 0 Å². The van der Waals surface area contributed by atoms with E-state index >= 15 is 0 Å². The van der Waals surface area contributed by atoms with Crippen molar-refractivity contribution in [1.82, 2.24) is 9.97 Å². The maximum absolute atomic E-state index is 13.5. The predicted octanol–water partition coefficient (Wildman–Crippen LogP) is 7.28. The van der Waals surface area contributed by atoms with Crippen molar-refractivity contribution in [2.75, 3.05) is 17.2 Å². The minimum absolute atomic E-state index is 0.0631. The molecule has 0 amide bonds. The van der Waals surface area contributed by atoms with Gasteiger partial charge in [-0.15, -0.1) is 0 Å². The second-order valence-corrected chi connectivity index (χ2v) is 7.71. The first-order valence-electron chi connectivity index (χ1n) is 10.6. The summed E-state index contributed by atoms with van der Waals surface area (Å²) >= 11 is 0. The molecule has 1 aromatic heterocycles. The third kappa shape index (κ3) is 6.35. The van der Waals surface area contributed by atoms with Crippen molar-refractivity contribution in [2.45, 2.75) is 45.7 Å². The molecule has 3 rings (SSSR count). The zero-order valence-corrected chi connectivity index (χ0v) is 18.3. The van der Waals surface area contributed by atoms with E-state index in [9.17, 15) is 13.2 Å². The van der Waals surface area contributed by atoms with E-state index in [0.29, 0.717) is 29.6 Å². The Bertz CT molecular complexity index is 1020. The Morgan fingerprint density at radius 3 is 2.41 bits per heavy atom. The third-order valence-corrected chi connectivity index (χ3v) is 4.79. The fourth-order valence-corrected chi connectivity index (χ4v) is 2.96. The van der Waals surface area contributed by atoms with Gasteiger partial charge >= 0.3 is 6.18 Å². The first kappa shape index (κ1) is 23.4. The van der Waals surface area contributed by atoms with E-state index in [-0.39, 0.29) is 11.8 Å². The summed E-state index contributed by atoms with van der Waals surface area (Å²) in [6.07, 6.45) is -1.93. The molecular weight excluding hydrogens is 417 g/mol. The van der Waals surface area contributed by atoms with E-state index in [0.717, 1.165) is 24.6 Å². The molecule has 0 atom stereocenters. The van der Waals surface area contributed by atoms with Gasteiger partial charge in [-0.2, -0.15) is 18.2 Å². The number of anilines is 4. The van der Waals surface area contributed by atoms with E-state index in [4.69, 9.17) is 4.74 Å². The molecule has 0 aliphatic heterocycles. The van der Waals surface area contributed by atoms with Crippen LogP contribution in [0.3, 0.4) is 0 Å². The summed E-state index contributed by atoms with van der Waals surface area (Å²) in [5.74, 6) is 0.686. The molecule has 5 nitrogen and oxygen atoms in total. The van der Waals surface area contributed by atoms with E-state index in [1.54, 1.807) is 24.3 Å². The van der Waals surface area contributed by atoms with Crippen LogP contribution in [0.2, 0.25) is 0 Å². The second-order valence-electron chi connectivity index (χ2n) is 7.71. The number of nitrogens with zero attached hydrogens (tertiary/aromatic N) is 2. The van der Waals surface area contributed by atoms with Crippen LogP contribution in [0.25, 0.3) is 0 Å². The van der Waals surface area contributed by atoms with Gasteiger partial charge in [0.2, 0.25) is 5.95 Å². The Morgan fingerprint density at radius 1 is 1.00 bits per heavy atom. The number of alkyl halides is 3. The number of ether oxygens (including phenoxy) is 1. The summed E-state index contributed by atoms with van der Waals surface area (Å²) in [6, 6.07) is 14.4. The van der Waals surface area contributed by atoms with Crippen molar-refractivity contribution in [3.63, 3.8) is 0 Å². The van der Waals surface area contributed by atoms with Crippen LogP contribution in [0.5, 0.6) is 5.75 Å². The maximum atomic E-state index is 13.5. The molecule has 0 aliphatic rings. The number of halogens is 3. The number of hydrogen-bond donors (Lipinski definition) is 2. The lowest BCUT2D eigenvalue weighted by molar-refractivity contribution is -0.137. The zero-order chi connectivity index (χ0) is 23.1. The molecule has 0 saturated heterocycles. The number of rotatable bonds is 9. The Morgan fingerprint density at radius 2 is 1.75 bits per heavy atom. The molecule has 0 bridgehead atoms. The van der Waals surface area contributed by atoms with Gasteiger partial charge in [-0.05, 0) is 42.2 Å². The van der Waals surface area contributed by atoms with Crippen molar-refractivity contribution in [3.05, 3.63) is 65.9 Å². The highest BCUT2D eigenvalue weighted by atomic mass is 19.4. The average Bonchev–Trinajstić information content (AvgIpc) is 2.74. The molecule has 8 heteroatoms. The first-order valence-corrected chi connectivity index (χ1v) is 10.6. The molecule has 0 spiro atoms. The van der Waals surface area contributed by atoms with E-state index in [1.807, 2.05) is 24.3 Å². The Kier molecular flexibility index (Phi) is 7.56. The van der Waals surface area contributed by atoms with Gasteiger partial charge in [0.15, 0.2) is 0 Å². The lowest BCUT2D eigenvalue weighted by Gasteiger charge is -2.16. The summed E-state index contributed by atoms with van der Waals surface area (Å²) in [5, 5.41) is 5.74. The number of hydrogen-bond acceptors (Lipinski definition) is 5. The topological polar surface area (TPSA) is 59.1 Å². The molecule has 0 aliphatic carbocycles. The lowest BCUT2D eigenvalue weighted by Crippen LogP contribution is -2.12. The Balaban J connectivity index is 1.84. The minimum atomic E-state index is -4.60. The van der Waals surface area contributed by atoms with Crippen LogP contribution in [0.1, 0.15) is 50.7 Å². The van der Waals surface area contributed by atoms with Gasteiger partial charge < -0.3 is 15.4 Å². The van der Waals surface area contributed by atoms with Gasteiger partial charge in [0, 0.05) is 23.6 Å². The highest BCUT2D eigenvalue weighted by molar-refractivity contribution is 5.64. The van der Waals surface area contributed by atoms with Crippen molar-refractivity contribution >= 4 is 23.1 Å². The van der Waals surface area contributed by atoms with Crippen LogP contribution in [0.15, 0.2) is 54.7 Å². The molecule has 0 radical (unpaired) electrons. The standard InChI is InChI=1S/C24H27F3N4O/c1-4-5-13-32-20-8-6-7-19(14-20)29-22-21(24(25,26)27)15-28-23(31-22)30-18-11-9-17(10-12-18)16(2)3/h6-12,14-16H,4-5,13H2,1-3H3,(H2,28,29,30,31). The molecule has 2 aromatic carbocycles. The van der Waals surface area contributed by atoms with Crippen molar-refractivity contribution in [2.24, 2.45) is 0 Å². The number of aromatic nitrogens is 2. The van der Waals surface area contributed by atoms with Gasteiger partial charge in [-0.25, -0.2) is 4.98 Å². The maximum Gasteiger partial charge on any atom is 0.421 e. The van der Waals surface area contributed by atoms with E-state index < -0.39 is 11.7 Å². The van der Waals surface area contributed by atoms with E-state index in [2.05, 4.69) is 41.4 Å². The Labute approximate surface area is 186 Å². The average molecular weight is 445 g/mol. The largest absolute Gasteiger partial charge is 0.494 e. The number of unbranched alkanes of at least 4 members (excludes halogenated alkanes) is 1. The monoisotopic (exact) mass is 444 g/mol. The number of nitrogens with one attached hydrogen (secondary N) is 2. The molecule has 0 unspecified atom stereocenters. The highest BCUT2D eigenvalue weighted by Crippen LogP contribution is 2.35. The molecular formula is C24H27F3N4O.